The molecule has 1 fully saturated rings. The second kappa shape index (κ2) is 7.70. The molecule has 2 aliphatic rings. The van der Waals surface area contributed by atoms with E-state index < -0.39 is 10.0 Å². The number of nitrogens with zero attached hydrogens (tertiary/aromatic N) is 1. The first-order valence-corrected chi connectivity index (χ1v) is 9.16. The van der Waals surface area contributed by atoms with E-state index in [1.54, 1.807) is 22.5 Å². The molecule has 2 aliphatic heterocycles. The van der Waals surface area contributed by atoms with Crippen molar-refractivity contribution in [2.75, 3.05) is 33.0 Å². The van der Waals surface area contributed by atoms with Gasteiger partial charge in [-0.25, -0.2) is 8.42 Å². The number of fused-ring (bicyclic) bond motifs is 1. The number of benzene rings is 1. The summed E-state index contributed by atoms with van der Waals surface area (Å²) in [5.41, 5.74) is 0. The van der Waals surface area contributed by atoms with Crippen LogP contribution in [0.4, 0.5) is 0 Å². The zero-order valence-electron chi connectivity index (χ0n) is 13.2. The van der Waals surface area contributed by atoms with Gasteiger partial charge in [-0.2, -0.15) is 4.31 Å². The van der Waals surface area contributed by atoms with Crippen LogP contribution in [0, 0.1) is 5.92 Å². The molecule has 0 aliphatic carbocycles. The van der Waals surface area contributed by atoms with Gasteiger partial charge in [0.25, 0.3) is 0 Å². The molecule has 1 N–H and O–H groups in total. The van der Waals surface area contributed by atoms with Crippen molar-refractivity contribution >= 4 is 22.4 Å². The van der Waals surface area contributed by atoms with Crippen LogP contribution in [0.1, 0.15) is 19.8 Å². The van der Waals surface area contributed by atoms with Gasteiger partial charge in [-0.1, -0.05) is 6.92 Å². The predicted octanol–water partition coefficient (Wildman–Crippen LogP) is 1.85. The van der Waals surface area contributed by atoms with Crippen LogP contribution in [0.15, 0.2) is 23.1 Å². The Morgan fingerprint density at radius 3 is 2.61 bits per heavy atom. The number of hydrogen-bond acceptors (Lipinski definition) is 5. The maximum atomic E-state index is 12.7. The van der Waals surface area contributed by atoms with Gasteiger partial charge in [0.05, 0.1) is 4.90 Å². The van der Waals surface area contributed by atoms with E-state index >= 15 is 0 Å². The Morgan fingerprint density at radius 2 is 1.91 bits per heavy atom. The molecule has 23 heavy (non-hydrogen) atoms. The molecule has 3 rings (SSSR count). The van der Waals surface area contributed by atoms with Gasteiger partial charge in [0.15, 0.2) is 11.5 Å². The number of rotatable bonds is 5. The highest BCUT2D eigenvalue weighted by Gasteiger charge is 2.30. The average Bonchev–Trinajstić information content (AvgIpc) is 3.01. The van der Waals surface area contributed by atoms with Crippen LogP contribution in [0.25, 0.3) is 0 Å². The number of sulfonamides is 1. The van der Waals surface area contributed by atoms with Gasteiger partial charge in [-0.15, -0.1) is 12.4 Å². The van der Waals surface area contributed by atoms with E-state index in [-0.39, 0.29) is 24.1 Å². The minimum atomic E-state index is -3.45. The number of halogens is 1. The fraction of sp³-hybridized carbons (Fsp3) is 0.600. The van der Waals surface area contributed by atoms with Gasteiger partial charge in [0.1, 0.15) is 0 Å². The first kappa shape index (κ1) is 18.3. The molecule has 0 amide bonds. The molecule has 0 atom stereocenters. The van der Waals surface area contributed by atoms with Gasteiger partial charge in [-0.05, 0) is 44.0 Å². The molecule has 0 unspecified atom stereocenters. The second-order valence-corrected chi connectivity index (χ2v) is 7.61. The van der Waals surface area contributed by atoms with Crippen molar-refractivity contribution in [3.63, 3.8) is 0 Å². The zero-order valence-corrected chi connectivity index (χ0v) is 14.8. The SMILES string of the molecule is CCNCC1CCN(S(=O)(=O)c2ccc3c(c2)OCO3)CC1.Cl. The lowest BCUT2D eigenvalue weighted by molar-refractivity contribution is 0.174. The summed E-state index contributed by atoms with van der Waals surface area (Å²) in [6.07, 6.45) is 1.80. The van der Waals surface area contributed by atoms with Crippen molar-refractivity contribution < 1.29 is 17.9 Å². The van der Waals surface area contributed by atoms with E-state index in [4.69, 9.17) is 9.47 Å². The van der Waals surface area contributed by atoms with E-state index in [2.05, 4.69) is 12.2 Å². The fourth-order valence-electron chi connectivity index (χ4n) is 2.89. The van der Waals surface area contributed by atoms with Crippen LogP contribution in [0.3, 0.4) is 0 Å². The summed E-state index contributed by atoms with van der Waals surface area (Å²) >= 11 is 0. The predicted molar refractivity (Wildman–Crippen MR) is 89.8 cm³/mol. The third kappa shape index (κ3) is 3.91. The Bertz CT molecular complexity index is 630. The van der Waals surface area contributed by atoms with E-state index in [9.17, 15) is 8.42 Å². The Hall–Kier alpha value is -1.02. The first-order chi connectivity index (χ1) is 10.6. The highest BCUT2D eigenvalue weighted by atomic mass is 35.5. The lowest BCUT2D eigenvalue weighted by Gasteiger charge is -2.31. The monoisotopic (exact) mass is 362 g/mol. The number of piperidine rings is 1. The lowest BCUT2D eigenvalue weighted by Crippen LogP contribution is -2.40. The minimum Gasteiger partial charge on any atom is -0.454 e. The maximum Gasteiger partial charge on any atom is 0.243 e. The topological polar surface area (TPSA) is 67.9 Å². The molecule has 1 saturated heterocycles. The summed E-state index contributed by atoms with van der Waals surface area (Å²) in [4.78, 5) is 0.280. The van der Waals surface area contributed by atoms with Gasteiger partial charge >= 0.3 is 0 Å². The van der Waals surface area contributed by atoms with Crippen LogP contribution < -0.4 is 14.8 Å². The Kier molecular flexibility index (Phi) is 6.13. The van der Waals surface area contributed by atoms with E-state index in [1.165, 1.54) is 0 Å². The Labute approximate surface area is 143 Å². The Balaban J connectivity index is 0.00000192. The number of ether oxygens (including phenoxy) is 2. The normalized spacial score (nSPS) is 18.7. The van der Waals surface area contributed by atoms with Gasteiger partial charge < -0.3 is 14.8 Å². The molecule has 2 heterocycles. The summed E-state index contributed by atoms with van der Waals surface area (Å²) in [5, 5.41) is 3.33. The third-order valence-corrected chi connectivity index (χ3v) is 6.13. The van der Waals surface area contributed by atoms with Crippen LogP contribution >= 0.6 is 12.4 Å². The quantitative estimate of drug-likeness (QED) is 0.865. The fourth-order valence-corrected chi connectivity index (χ4v) is 4.37. The van der Waals surface area contributed by atoms with Crippen molar-refractivity contribution in [3.05, 3.63) is 18.2 Å². The van der Waals surface area contributed by atoms with Crippen LogP contribution in [0.5, 0.6) is 11.5 Å². The average molecular weight is 363 g/mol. The summed E-state index contributed by atoms with van der Waals surface area (Å²) in [6, 6.07) is 4.81. The molecule has 1 aromatic rings. The van der Waals surface area contributed by atoms with Crippen LogP contribution in [-0.2, 0) is 10.0 Å². The third-order valence-electron chi connectivity index (χ3n) is 4.24. The summed E-state index contributed by atoms with van der Waals surface area (Å²) in [6.45, 7) is 5.30. The summed E-state index contributed by atoms with van der Waals surface area (Å²) < 4.78 is 37.5. The minimum absolute atomic E-state index is 0. The van der Waals surface area contributed by atoms with Gasteiger partial charge in [0, 0.05) is 19.2 Å². The zero-order chi connectivity index (χ0) is 15.6. The molecule has 0 saturated carbocycles. The molecule has 130 valence electrons. The molecule has 1 aromatic carbocycles. The van der Waals surface area contributed by atoms with Crippen molar-refractivity contribution in [2.24, 2.45) is 5.92 Å². The standard InChI is InChI=1S/C15H22N2O4S.ClH/c1-2-16-10-12-5-7-17(8-6-12)22(18,19)13-3-4-14-15(9-13)21-11-20-14;/h3-4,9,12,16H,2,5-8,10-11H2,1H3;1H. The number of hydrogen-bond donors (Lipinski definition) is 1. The molecule has 0 aromatic heterocycles. The lowest BCUT2D eigenvalue weighted by atomic mass is 9.98. The molecule has 0 bridgehead atoms. The van der Waals surface area contributed by atoms with Crippen molar-refractivity contribution in [3.8, 4) is 11.5 Å². The van der Waals surface area contributed by atoms with Crippen molar-refractivity contribution in [1.82, 2.24) is 9.62 Å². The number of nitrogens with one attached hydrogen (secondary N) is 1. The van der Waals surface area contributed by atoms with E-state index in [0.717, 1.165) is 25.9 Å². The molecular formula is C15H23ClN2O4S. The Morgan fingerprint density at radius 1 is 1.22 bits per heavy atom. The molecule has 6 nitrogen and oxygen atoms in total. The summed E-state index contributed by atoms with van der Waals surface area (Å²) in [5.74, 6) is 1.66. The largest absolute Gasteiger partial charge is 0.454 e. The second-order valence-electron chi connectivity index (χ2n) is 5.67. The van der Waals surface area contributed by atoms with E-state index in [0.29, 0.717) is 30.5 Å². The van der Waals surface area contributed by atoms with Gasteiger partial charge in [-0.3, -0.25) is 0 Å². The van der Waals surface area contributed by atoms with Crippen LogP contribution in [-0.4, -0.2) is 45.7 Å². The summed E-state index contributed by atoms with van der Waals surface area (Å²) in [7, 11) is -3.45. The maximum absolute atomic E-state index is 12.7. The first-order valence-electron chi connectivity index (χ1n) is 7.72. The highest BCUT2D eigenvalue weighted by Crippen LogP contribution is 2.35. The molecule has 8 heteroatoms. The highest BCUT2D eigenvalue weighted by molar-refractivity contribution is 7.89. The van der Waals surface area contributed by atoms with Gasteiger partial charge in [0.2, 0.25) is 16.8 Å². The molecular weight excluding hydrogens is 340 g/mol. The van der Waals surface area contributed by atoms with Crippen LogP contribution in [0.2, 0.25) is 0 Å². The molecule has 0 radical (unpaired) electrons. The molecule has 0 spiro atoms. The van der Waals surface area contributed by atoms with E-state index in [1.807, 2.05) is 0 Å². The van der Waals surface area contributed by atoms with Crippen molar-refractivity contribution in [2.45, 2.75) is 24.7 Å². The smallest absolute Gasteiger partial charge is 0.243 e. The van der Waals surface area contributed by atoms with Crippen molar-refractivity contribution in [1.29, 1.82) is 0 Å².